The average Bonchev–Trinajstić information content (AvgIpc) is 2.55. The molecule has 16 heavy (non-hydrogen) atoms. The molecule has 4 heteroatoms. The van der Waals surface area contributed by atoms with Gasteiger partial charge in [0.15, 0.2) is 0 Å². The van der Waals surface area contributed by atoms with Crippen molar-refractivity contribution in [2.24, 2.45) is 0 Å². The summed E-state index contributed by atoms with van der Waals surface area (Å²) in [6.07, 6.45) is 0.324. The summed E-state index contributed by atoms with van der Waals surface area (Å²) in [7, 11) is 0. The maximum Gasteiger partial charge on any atom is 0.124 e. The lowest BCUT2D eigenvalue weighted by Gasteiger charge is -2.11. The number of hydrogen-bond donors (Lipinski definition) is 0. The van der Waals surface area contributed by atoms with E-state index in [2.05, 4.69) is 29.5 Å². The standard InChI is InChI=1S/C12H12ClN3/c1-8(2)16-11-4-3-9(13)7-10(11)15-12(16)5-6-14/h3-4,7-8H,5H2,1-2H3. The molecule has 82 valence electrons. The molecule has 1 heterocycles. The lowest BCUT2D eigenvalue weighted by molar-refractivity contribution is 0.594. The van der Waals surface area contributed by atoms with Gasteiger partial charge >= 0.3 is 0 Å². The van der Waals surface area contributed by atoms with Crippen molar-refractivity contribution < 1.29 is 0 Å². The van der Waals surface area contributed by atoms with E-state index in [4.69, 9.17) is 16.9 Å². The van der Waals surface area contributed by atoms with Gasteiger partial charge in [0, 0.05) is 11.1 Å². The summed E-state index contributed by atoms with van der Waals surface area (Å²) in [6.45, 7) is 4.16. The van der Waals surface area contributed by atoms with E-state index in [1.807, 2.05) is 18.2 Å². The minimum absolute atomic E-state index is 0.287. The van der Waals surface area contributed by atoms with Gasteiger partial charge in [0.1, 0.15) is 5.82 Å². The third kappa shape index (κ3) is 1.77. The van der Waals surface area contributed by atoms with Crippen LogP contribution in [-0.4, -0.2) is 9.55 Å². The highest BCUT2D eigenvalue weighted by Gasteiger charge is 2.12. The Balaban J connectivity index is 2.71. The normalized spacial score (nSPS) is 10.9. The zero-order chi connectivity index (χ0) is 11.7. The maximum atomic E-state index is 8.78. The number of hydrogen-bond acceptors (Lipinski definition) is 2. The third-order valence-corrected chi connectivity index (χ3v) is 2.71. The Morgan fingerprint density at radius 1 is 1.50 bits per heavy atom. The molecule has 0 spiro atoms. The van der Waals surface area contributed by atoms with Gasteiger partial charge in [-0.2, -0.15) is 5.26 Å². The average molecular weight is 234 g/mol. The summed E-state index contributed by atoms with van der Waals surface area (Å²) in [5.74, 6) is 0.801. The predicted octanol–water partition coefficient (Wildman–Crippen LogP) is 3.34. The number of halogens is 1. The van der Waals surface area contributed by atoms with Gasteiger partial charge in [-0.15, -0.1) is 0 Å². The van der Waals surface area contributed by atoms with Crippen molar-refractivity contribution in [3.8, 4) is 6.07 Å². The topological polar surface area (TPSA) is 41.6 Å². The molecule has 3 nitrogen and oxygen atoms in total. The summed E-state index contributed by atoms with van der Waals surface area (Å²) < 4.78 is 2.08. The van der Waals surface area contributed by atoms with Crippen LogP contribution in [0.1, 0.15) is 25.7 Å². The van der Waals surface area contributed by atoms with Crippen LogP contribution in [0.25, 0.3) is 11.0 Å². The second kappa shape index (κ2) is 4.15. The van der Waals surface area contributed by atoms with Crippen LogP contribution in [0.4, 0.5) is 0 Å². The van der Waals surface area contributed by atoms with Gasteiger partial charge in [-0.1, -0.05) is 11.6 Å². The highest BCUT2D eigenvalue weighted by Crippen LogP contribution is 2.24. The molecule has 2 aromatic rings. The van der Waals surface area contributed by atoms with Gasteiger partial charge in [-0.3, -0.25) is 0 Å². The monoisotopic (exact) mass is 233 g/mol. The SMILES string of the molecule is CC(C)n1c(CC#N)nc2cc(Cl)ccc21. The fourth-order valence-electron chi connectivity index (χ4n) is 1.89. The molecule has 0 amide bonds. The zero-order valence-corrected chi connectivity index (χ0v) is 9.99. The Morgan fingerprint density at radius 2 is 2.25 bits per heavy atom. The smallest absolute Gasteiger partial charge is 0.124 e. The first kappa shape index (κ1) is 11.0. The molecule has 0 fully saturated rings. The fraction of sp³-hybridized carbons (Fsp3) is 0.333. The molecular formula is C12H12ClN3. The minimum atomic E-state index is 0.287. The summed E-state index contributed by atoms with van der Waals surface area (Å²) >= 11 is 5.92. The Kier molecular flexibility index (Phi) is 2.84. The Hall–Kier alpha value is -1.53. The summed E-state index contributed by atoms with van der Waals surface area (Å²) in [4.78, 5) is 4.44. The van der Waals surface area contributed by atoms with Crippen LogP contribution in [0.2, 0.25) is 5.02 Å². The van der Waals surface area contributed by atoms with Crippen LogP contribution in [0.3, 0.4) is 0 Å². The van der Waals surface area contributed by atoms with E-state index in [0.29, 0.717) is 11.4 Å². The van der Waals surface area contributed by atoms with E-state index in [-0.39, 0.29) is 6.04 Å². The molecule has 0 saturated carbocycles. The van der Waals surface area contributed by atoms with E-state index < -0.39 is 0 Å². The highest BCUT2D eigenvalue weighted by atomic mass is 35.5. The fourth-order valence-corrected chi connectivity index (χ4v) is 2.06. The van der Waals surface area contributed by atoms with Crippen LogP contribution in [0, 0.1) is 11.3 Å². The summed E-state index contributed by atoms with van der Waals surface area (Å²) in [6, 6.07) is 8.05. The van der Waals surface area contributed by atoms with E-state index in [1.54, 1.807) is 0 Å². The van der Waals surface area contributed by atoms with Crippen LogP contribution in [0.5, 0.6) is 0 Å². The van der Waals surface area contributed by atoms with Crippen molar-refractivity contribution in [2.45, 2.75) is 26.3 Å². The predicted molar refractivity (Wildman–Crippen MR) is 64.4 cm³/mol. The quantitative estimate of drug-likeness (QED) is 0.798. The van der Waals surface area contributed by atoms with Gasteiger partial charge in [0.25, 0.3) is 0 Å². The largest absolute Gasteiger partial charge is 0.325 e. The van der Waals surface area contributed by atoms with Gasteiger partial charge in [-0.25, -0.2) is 4.98 Å². The number of nitrogens with zero attached hydrogens (tertiary/aromatic N) is 3. The Bertz CT molecular complexity index is 563. The van der Waals surface area contributed by atoms with E-state index in [1.165, 1.54) is 0 Å². The van der Waals surface area contributed by atoms with Gasteiger partial charge < -0.3 is 4.57 Å². The molecule has 0 N–H and O–H groups in total. The highest BCUT2D eigenvalue weighted by molar-refractivity contribution is 6.31. The molecule has 0 aliphatic heterocycles. The lowest BCUT2D eigenvalue weighted by atomic mass is 10.3. The molecule has 0 saturated heterocycles. The van der Waals surface area contributed by atoms with E-state index in [9.17, 15) is 0 Å². The lowest BCUT2D eigenvalue weighted by Crippen LogP contribution is -2.05. The van der Waals surface area contributed by atoms with Gasteiger partial charge in [-0.05, 0) is 32.0 Å². The van der Waals surface area contributed by atoms with Crippen molar-refractivity contribution in [2.75, 3.05) is 0 Å². The van der Waals surface area contributed by atoms with Crippen LogP contribution >= 0.6 is 11.6 Å². The van der Waals surface area contributed by atoms with E-state index >= 15 is 0 Å². The van der Waals surface area contributed by atoms with Crippen LogP contribution < -0.4 is 0 Å². The molecule has 0 radical (unpaired) electrons. The molecule has 0 aliphatic carbocycles. The number of benzene rings is 1. The van der Waals surface area contributed by atoms with Crippen molar-refractivity contribution in [3.05, 3.63) is 29.0 Å². The maximum absolute atomic E-state index is 8.78. The first-order chi connectivity index (χ1) is 7.63. The molecule has 0 bridgehead atoms. The first-order valence-electron chi connectivity index (χ1n) is 5.17. The second-order valence-corrected chi connectivity index (χ2v) is 4.40. The molecule has 0 aliphatic rings. The Morgan fingerprint density at radius 3 is 2.88 bits per heavy atom. The minimum Gasteiger partial charge on any atom is -0.325 e. The van der Waals surface area contributed by atoms with Gasteiger partial charge in [0.05, 0.1) is 23.5 Å². The molecule has 1 aromatic carbocycles. The third-order valence-electron chi connectivity index (χ3n) is 2.48. The molecular weight excluding hydrogens is 222 g/mol. The summed E-state index contributed by atoms with van der Waals surface area (Å²) in [5, 5.41) is 9.45. The first-order valence-corrected chi connectivity index (χ1v) is 5.54. The molecule has 0 unspecified atom stereocenters. The Labute approximate surface area is 99.3 Å². The zero-order valence-electron chi connectivity index (χ0n) is 9.24. The van der Waals surface area contributed by atoms with Crippen molar-refractivity contribution >= 4 is 22.6 Å². The van der Waals surface area contributed by atoms with Crippen LogP contribution in [-0.2, 0) is 6.42 Å². The van der Waals surface area contributed by atoms with Crippen molar-refractivity contribution in [1.82, 2.24) is 9.55 Å². The number of imidazole rings is 1. The second-order valence-electron chi connectivity index (χ2n) is 3.96. The number of fused-ring (bicyclic) bond motifs is 1. The molecule has 1 aromatic heterocycles. The van der Waals surface area contributed by atoms with Gasteiger partial charge in [0.2, 0.25) is 0 Å². The van der Waals surface area contributed by atoms with Crippen LogP contribution in [0.15, 0.2) is 18.2 Å². The molecule has 0 atom stereocenters. The number of rotatable bonds is 2. The van der Waals surface area contributed by atoms with Crippen molar-refractivity contribution in [3.63, 3.8) is 0 Å². The summed E-state index contributed by atoms with van der Waals surface area (Å²) in [5.41, 5.74) is 1.89. The van der Waals surface area contributed by atoms with Crippen molar-refractivity contribution in [1.29, 1.82) is 5.26 Å². The van der Waals surface area contributed by atoms with E-state index in [0.717, 1.165) is 16.9 Å². The molecule has 2 rings (SSSR count). The number of nitriles is 1. The number of aromatic nitrogens is 2.